The molecule has 0 aromatic carbocycles. The van der Waals surface area contributed by atoms with Crippen LogP contribution in [0, 0.1) is 11.3 Å². The summed E-state index contributed by atoms with van der Waals surface area (Å²) < 4.78 is 0. The van der Waals surface area contributed by atoms with Crippen molar-refractivity contribution in [3.63, 3.8) is 0 Å². The van der Waals surface area contributed by atoms with Gasteiger partial charge in [0.2, 0.25) is 0 Å². The first kappa shape index (κ1) is 9.82. The van der Waals surface area contributed by atoms with Gasteiger partial charge in [0.25, 0.3) is 0 Å². The fraction of sp³-hybridized carbons (Fsp3) is 0.333. The Balaban J connectivity index is 2.82. The predicted octanol–water partition coefficient (Wildman–Crippen LogP) is 2.45. The molecule has 0 bridgehead atoms. The Hall–Kier alpha value is -1.27. The first-order chi connectivity index (χ1) is 6.03. The lowest BCUT2D eigenvalue weighted by Crippen LogP contribution is -2.28. The second-order valence-corrected chi connectivity index (χ2v) is 3.69. The van der Waals surface area contributed by atoms with Crippen LogP contribution in [0.1, 0.15) is 13.8 Å². The Kier molecular flexibility index (Phi) is 2.74. The van der Waals surface area contributed by atoms with Crippen molar-refractivity contribution in [2.75, 3.05) is 5.32 Å². The lowest BCUT2D eigenvalue weighted by atomic mass is 10.1. The fourth-order valence-corrected chi connectivity index (χ4v) is 1.04. The Morgan fingerprint density at radius 1 is 1.54 bits per heavy atom. The molecular weight excluding hydrogens is 186 g/mol. The molecule has 1 N–H and O–H groups in total. The van der Waals surface area contributed by atoms with Crippen LogP contribution in [-0.2, 0) is 0 Å². The van der Waals surface area contributed by atoms with Gasteiger partial charge < -0.3 is 5.32 Å². The quantitative estimate of drug-likeness (QED) is 0.789. The SMILES string of the molecule is CC(C)(C#N)Nc1cncc(Cl)c1. The van der Waals surface area contributed by atoms with Crippen LogP contribution in [0.3, 0.4) is 0 Å². The molecule has 0 spiro atoms. The topological polar surface area (TPSA) is 48.7 Å². The van der Waals surface area contributed by atoms with Crippen molar-refractivity contribution >= 4 is 17.3 Å². The van der Waals surface area contributed by atoms with Crippen LogP contribution in [0.5, 0.6) is 0 Å². The molecule has 1 rings (SSSR count). The van der Waals surface area contributed by atoms with Crippen molar-refractivity contribution in [1.29, 1.82) is 5.26 Å². The summed E-state index contributed by atoms with van der Waals surface area (Å²) >= 11 is 5.73. The van der Waals surface area contributed by atoms with Gasteiger partial charge in [-0.1, -0.05) is 11.6 Å². The first-order valence-corrected chi connectivity index (χ1v) is 4.21. The monoisotopic (exact) mass is 195 g/mol. The van der Waals surface area contributed by atoms with Crippen LogP contribution in [0.15, 0.2) is 18.5 Å². The second kappa shape index (κ2) is 3.63. The van der Waals surface area contributed by atoms with Crippen molar-refractivity contribution in [3.8, 4) is 6.07 Å². The fourth-order valence-electron chi connectivity index (χ4n) is 0.869. The van der Waals surface area contributed by atoms with Crippen molar-refractivity contribution in [2.45, 2.75) is 19.4 Å². The second-order valence-electron chi connectivity index (χ2n) is 3.25. The van der Waals surface area contributed by atoms with Crippen LogP contribution >= 0.6 is 11.6 Å². The highest BCUT2D eigenvalue weighted by molar-refractivity contribution is 6.30. The molecule has 0 aliphatic carbocycles. The van der Waals surface area contributed by atoms with E-state index >= 15 is 0 Å². The number of hydrogen-bond donors (Lipinski definition) is 1. The van der Waals surface area contributed by atoms with Crippen molar-refractivity contribution in [1.82, 2.24) is 4.98 Å². The number of pyridine rings is 1. The smallest absolute Gasteiger partial charge is 0.119 e. The molecule has 13 heavy (non-hydrogen) atoms. The van der Waals surface area contributed by atoms with E-state index in [4.69, 9.17) is 16.9 Å². The first-order valence-electron chi connectivity index (χ1n) is 3.83. The maximum Gasteiger partial charge on any atom is 0.119 e. The van der Waals surface area contributed by atoms with Gasteiger partial charge in [-0.25, -0.2) is 0 Å². The van der Waals surface area contributed by atoms with E-state index in [1.54, 1.807) is 32.3 Å². The van der Waals surface area contributed by atoms with Crippen LogP contribution < -0.4 is 5.32 Å². The van der Waals surface area contributed by atoms with Gasteiger partial charge in [-0.05, 0) is 19.9 Å². The third-order valence-corrected chi connectivity index (χ3v) is 1.65. The molecule has 0 unspecified atom stereocenters. The maximum absolute atomic E-state index is 8.76. The molecule has 0 radical (unpaired) electrons. The zero-order valence-corrected chi connectivity index (χ0v) is 8.26. The zero-order valence-electron chi connectivity index (χ0n) is 7.50. The van der Waals surface area contributed by atoms with Crippen LogP contribution in [0.25, 0.3) is 0 Å². The minimum atomic E-state index is -0.605. The summed E-state index contributed by atoms with van der Waals surface area (Å²) in [5, 5.41) is 12.3. The molecule has 1 heterocycles. The van der Waals surface area contributed by atoms with Gasteiger partial charge in [-0.3, -0.25) is 4.98 Å². The summed E-state index contributed by atoms with van der Waals surface area (Å²) in [6.07, 6.45) is 3.18. The van der Waals surface area contributed by atoms with Crippen LogP contribution in [0.2, 0.25) is 5.02 Å². The number of anilines is 1. The molecule has 1 aromatic rings. The Bertz CT molecular complexity index is 341. The molecule has 3 nitrogen and oxygen atoms in total. The van der Waals surface area contributed by atoms with Gasteiger partial charge in [0.05, 0.1) is 23.0 Å². The summed E-state index contributed by atoms with van der Waals surface area (Å²) in [5.74, 6) is 0. The summed E-state index contributed by atoms with van der Waals surface area (Å²) in [6.45, 7) is 3.57. The van der Waals surface area contributed by atoms with Gasteiger partial charge in [-0.15, -0.1) is 0 Å². The number of nitrogens with zero attached hydrogens (tertiary/aromatic N) is 2. The Labute approximate surface area is 82.4 Å². The van der Waals surface area contributed by atoms with Gasteiger partial charge in [-0.2, -0.15) is 5.26 Å². The summed E-state index contributed by atoms with van der Waals surface area (Å²) in [6, 6.07) is 3.86. The summed E-state index contributed by atoms with van der Waals surface area (Å²) in [4.78, 5) is 3.90. The molecular formula is C9H10ClN3. The van der Waals surface area contributed by atoms with Crippen molar-refractivity contribution < 1.29 is 0 Å². The van der Waals surface area contributed by atoms with Crippen molar-refractivity contribution in [3.05, 3.63) is 23.5 Å². The largest absolute Gasteiger partial charge is 0.367 e. The molecule has 68 valence electrons. The third-order valence-electron chi connectivity index (χ3n) is 1.44. The summed E-state index contributed by atoms with van der Waals surface area (Å²) in [5.41, 5.74) is 0.144. The number of nitrogens with one attached hydrogen (secondary N) is 1. The number of hydrogen-bond acceptors (Lipinski definition) is 3. The predicted molar refractivity (Wildman–Crippen MR) is 52.6 cm³/mol. The molecule has 0 saturated heterocycles. The molecule has 0 aliphatic heterocycles. The van der Waals surface area contributed by atoms with Crippen LogP contribution in [0.4, 0.5) is 5.69 Å². The van der Waals surface area contributed by atoms with Gasteiger partial charge in [0, 0.05) is 6.20 Å². The minimum absolute atomic E-state index is 0.554. The van der Waals surface area contributed by atoms with E-state index < -0.39 is 5.54 Å². The molecule has 0 saturated carbocycles. The highest BCUT2D eigenvalue weighted by Gasteiger charge is 2.15. The van der Waals surface area contributed by atoms with E-state index in [0.717, 1.165) is 5.69 Å². The Morgan fingerprint density at radius 3 is 2.77 bits per heavy atom. The molecule has 4 heteroatoms. The average molecular weight is 196 g/mol. The number of halogens is 1. The van der Waals surface area contributed by atoms with E-state index in [9.17, 15) is 0 Å². The molecule has 0 atom stereocenters. The molecule has 0 aliphatic rings. The zero-order chi connectivity index (χ0) is 9.90. The van der Waals surface area contributed by atoms with E-state index in [1.165, 1.54) is 0 Å². The van der Waals surface area contributed by atoms with Crippen molar-refractivity contribution in [2.24, 2.45) is 0 Å². The van der Waals surface area contributed by atoms with E-state index in [0.29, 0.717) is 5.02 Å². The van der Waals surface area contributed by atoms with Crippen LogP contribution in [-0.4, -0.2) is 10.5 Å². The van der Waals surface area contributed by atoms with Gasteiger partial charge >= 0.3 is 0 Å². The van der Waals surface area contributed by atoms with Gasteiger partial charge in [0.1, 0.15) is 5.54 Å². The van der Waals surface area contributed by atoms with E-state index in [2.05, 4.69) is 16.4 Å². The normalized spacial score (nSPS) is 10.6. The Morgan fingerprint density at radius 2 is 2.23 bits per heavy atom. The number of aromatic nitrogens is 1. The van der Waals surface area contributed by atoms with E-state index in [-0.39, 0.29) is 0 Å². The molecule has 1 aromatic heterocycles. The lowest BCUT2D eigenvalue weighted by Gasteiger charge is -2.18. The molecule has 0 fully saturated rings. The van der Waals surface area contributed by atoms with Gasteiger partial charge in [0.15, 0.2) is 0 Å². The molecule has 0 amide bonds. The number of nitriles is 1. The van der Waals surface area contributed by atoms with E-state index in [1.807, 2.05) is 0 Å². The standard InChI is InChI=1S/C9H10ClN3/c1-9(2,6-11)13-8-3-7(10)4-12-5-8/h3-5,13H,1-2H3. The highest BCUT2D eigenvalue weighted by atomic mass is 35.5. The number of rotatable bonds is 2. The minimum Gasteiger partial charge on any atom is -0.367 e. The average Bonchev–Trinajstić information content (AvgIpc) is 2.03. The maximum atomic E-state index is 8.76. The highest BCUT2D eigenvalue weighted by Crippen LogP contribution is 2.16. The third kappa shape index (κ3) is 2.92. The lowest BCUT2D eigenvalue weighted by molar-refractivity contribution is 0.728. The summed E-state index contributed by atoms with van der Waals surface area (Å²) in [7, 11) is 0.